The van der Waals surface area contributed by atoms with Gasteiger partial charge < -0.3 is 5.73 Å². The number of hydrogen-bond donors (Lipinski definition) is 1. The Morgan fingerprint density at radius 3 is 2.95 bits per heavy atom. The first-order chi connectivity index (χ1) is 8.91. The summed E-state index contributed by atoms with van der Waals surface area (Å²) < 4.78 is 0. The van der Waals surface area contributed by atoms with E-state index < -0.39 is 4.92 Å². The van der Waals surface area contributed by atoms with Gasteiger partial charge in [-0.15, -0.1) is 0 Å². The number of carbonyl (C=O) groups excluding carboxylic acids is 1. The van der Waals surface area contributed by atoms with E-state index in [1.54, 1.807) is 0 Å². The smallest absolute Gasteiger partial charge is 0.312 e. The third kappa shape index (κ3) is 4.77. The average Bonchev–Trinajstić information content (AvgIpc) is 2.30. The Labute approximate surface area is 118 Å². The number of thioether (sulfide) groups is 1. The van der Waals surface area contributed by atoms with Gasteiger partial charge in [0, 0.05) is 25.2 Å². The maximum Gasteiger partial charge on any atom is 0.312 e. The molecule has 0 unspecified atom stereocenters. The van der Waals surface area contributed by atoms with Crippen LogP contribution in [0.3, 0.4) is 0 Å². The number of anilines is 1. The van der Waals surface area contributed by atoms with Crippen molar-refractivity contribution in [1.29, 1.82) is 0 Å². The van der Waals surface area contributed by atoms with E-state index in [0.717, 1.165) is 11.8 Å². The fourth-order valence-corrected chi connectivity index (χ4v) is 1.82. The van der Waals surface area contributed by atoms with Crippen LogP contribution in [0.1, 0.15) is 18.9 Å². The fourth-order valence-electron chi connectivity index (χ4n) is 1.13. The van der Waals surface area contributed by atoms with Gasteiger partial charge >= 0.3 is 5.69 Å². The predicted octanol–water partition coefficient (Wildman–Crippen LogP) is 2.25. The van der Waals surface area contributed by atoms with Gasteiger partial charge in [0.15, 0.2) is 5.12 Å². The largest absolute Gasteiger partial charge is 0.378 e. The van der Waals surface area contributed by atoms with Crippen LogP contribution in [0.15, 0.2) is 6.07 Å². The van der Waals surface area contributed by atoms with Crippen molar-refractivity contribution in [3.05, 3.63) is 26.9 Å². The SMILES string of the molecule is CC(=O)SCCC#Cc1cc([N+](=O)[O-])c(N)nc1Cl. The molecule has 0 aliphatic rings. The highest BCUT2D eigenvalue weighted by molar-refractivity contribution is 8.13. The van der Waals surface area contributed by atoms with E-state index in [0.29, 0.717) is 12.2 Å². The molecule has 0 spiro atoms. The standard InChI is InChI=1S/C11H10ClN3O3S/c1-7(16)19-5-3-2-4-8-6-9(15(17)18)11(13)14-10(8)12/h6H,3,5H2,1H3,(H2,13,14). The molecule has 19 heavy (non-hydrogen) atoms. The summed E-state index contributed by atoms with van der Waals surface area (Å²) in [4.78, 5) is 24.4. The van der Waals surface area contributed by atoms with Gasteiger partial charge in [0.2, 0.25) is 5.82 Å². The zero-order valence-corrected chi connectivity index (χ0v) is 11.5. The molecule has 1 aromatic heterocycles. The molecule has 0 saturated carbocycles. The van der Waals surface area contributed by atoms with Crippen LogP contribution in [0, 0.1) is 22.0 Å². The van der Waals surface area contributed by atoms with Gasteiger partial charge in [-0.1, -0.05) is 35.2 Å². The molecule has 2 N–H and O–H groups in total. The lowest BCUT2D eigenvalue weighted by Gasteiger charge is -1.99. The van der Waals surface area contributed by atoms with Crippen molar-refractivity contribution in [2.75, 3.05) is 11.5 Å². The average molecular weight is 300 g/mol. The zero-order chi connectivity index (χ0) is 14.4. The van der Waals surface area contributed by atoms with Gasteiger partial charge in [-0.3, -0.25) is 14.9 Å². The molecular formula is C11H10ClN3O3S. The quantitative estimate of drug-likeness (QED) is 0.302. The van der Waals surface area contributed by atoms with Crippen molar-refractivity contribution in [1.82, 2.24) is 4.98 Å². The van der Waals surface area contributed by atoms with Gasteiger partial charge in [-0.05, 0) is 0 Å². The number of carbonyl (C=O) groups is 1. The number of nitro groups is 1. The molecule has 6 nitrogen and oxygen atoms in total. The van der Waals surface area contributed by atoms with Gasteiger partial charge in [0.25, 0.3) is 0 Å². The van der Waals surface area contributed by atoms with Crippen LogP contribution >= 0.6 is 23.4 Å². The number of nitrogens with zero attached hydrogens (tertiary/aromatic N) is 2. The zero-order valence-electron chi connectivity index (χ0n) is 9.97. The lowest BCUT2D eigenvalue weighted by Crippen LogP contribution is -2.00. The van der Waals surface area contributed by atoms with E-state index >= 15 is 0 Å². The van der Waals surface area contributed by atoms with Crippen LogP contribution in [0.5, 0.6) is 0 Å². The van der Waals surface area contributed by atoms with Crippen LogP contribution in [-0.4, -0.2) is 20.8 Å². The Bertz CT molecular complexity index is 581. The molecule has 0 atom stereocenters. The normalized spacial score (nSPS) is 9.58. The number of pyridine rings is 1. The Kier molecular flexibility index (Phi) is 5.60. The number of rotatable bonds is 3. The number of aromatic nitrogens is 1. The highest BCUT2D eigenvalue weighted by Gasteiger charge is 2.15. The van der Waals surface area contributed by atoms with Gasteiger partial charge in [0.05, 0.1) is 10.5 Å². The first-order valence-electron chi connectivity index (χ1n) is 5.14. The van der Waals surface area contributed by atoms with Crippen molar-refractivity contribution in [3.8, 4) is 11.8 Å². The van der Waals surface area contributed by atoms with E-state index in [1.165, 1.54) is 13.0 Å². The minimum absolute atomic E-state index is 0.0182. The Hall–Kier alpha value is -1.78. The summed E-state index contributed by atoms with van der Waals surface area (Å²) in [5.41, 5.74) is 5.29. The summed E-state index contributed by atoms with van der Waals surface area (Å²) in [6.07, 6.45) is 0.471. The molecule has 0 aliphatic heterocycles. The molecule has 1 rings (SSSR count). The fraction of sp³-hybridized carbons (Fsp3) is 0.273. The molecule has 0 saturated heterocycles. The Morgan fingerprint density at radius 1 is 1.68 bits per heavy atom. The second kappa shape index (κ2) is 6.97. The third-order valence-corrected chi connectivity index (χ3v) is 3.04. The second-order valence-corrected chi connectivity index (χ2v) is 5.01. The molecule has 0 radical (unpaired) electrons. The molecule has 1 aromatic rings. The summed E-state index contributed by atoms with van der Waals surface area (Å²) in [6.45, 7) is 1.47. The van der Waals surface area contributed by atoms with Crippen molar-refractivity contribution < 1.29 is 9.72 Å². The minimum atomic E-state index is -0.643. The van der Waals surface area contributed by atoms with Gasteiger partial charge in [0.1, 0.15) is 5.15 Å². The lowest BCUT2D eigenvalue weighted by atomic mass is 10.2. The first kappa shape index (κ1) is 15.3. The van der Waals surface area contributed by atoms with Crippen LogP contribution in [0.4, 0.5) is 11.5 Å². The molecule has 8 heteroatoms. The van der Waals surface area contributed by atoms with Crippen LogP contribution in [0.2, 0.25) is 5.15 Å². The molecular weight excluding hydrogens is 290 g/mol. The van der Waals surface area contributed by atoms with E-state index in [2.05, 4.69) is 16.8 Å². The molecule has 0 aliphatic carbocycles. The van der Waals surface area contributed by atoms with E-state index in [9.17, 15) is 14.9 Å². The highest BCUT2D eigenvalue weighted by Crippen LogP contribution is 2.24. The van der Waals surface area contributed by atoms with Crippen LogP contribution in [-0.2, 0) is 4.79 Å². The summed E-state index contributed by atoms with van der Waals surface area (Å²) >= 11 is 6.96. The lowest BCUT2D eigenvalue weighted by molar-refractivity contribution is -0.384. The summed E-state index contributed by atoms with van der Waals surface area (Å²) in [5, 5.41) is 10.7. The molecule has 1 heterocycles. The maximum absolute atomic E-state index is 10.7. The van der Waals surface area contributed by atoms with Gasteiger partial charge in [-0.2, -0.15) is 0 Å². The third-order valence-electron chi connectivity index (χ3n) is 1.94. The number of halogens is 1. The molecule has 0 amide bonds. The topological polar surface area (TPSA) is 99.1 Å². The Morgan fingerprint density at radius 2 is 2.37 bits per heavy atom. The maximum atomic E-state index is 10.7. The molecule has 100 valence electrons. The highest BCUT2D eigenvalue weighted by atomic mass is 35.5. The van der Waals surface area contributed by atoms with E-state index in [-0.39, 0.29) is 27.3 Å². The van der Waals surface area contributed by atoms with Gasteiger partial charge in [-0.25, -0.2) is 4.98 Å². The predicted molar refractivity (Wildman–Crippen MR) is 74.9 cm³/mol. The van der Waals surface area contributed by atoms with Crippen LogP contribution in [0.25, 0.3) is 0 Å². The van der Waals surface area contributed by atoms with Crippen LogP contribution < -0.4 is 5.73 Å². The van der Waals surface area contributed by atoms with E-state index in [1.807, 2.05) is 0 Å². The summed E-state index contributed by atoms with van der Waals surface area (Å²) in [7, 11) is 0. The Balaban J connectivity index is 2.84. The van der Waals surface area contributed by atoms with Crippen molar-refractivity contribution in [3.63, 3.8) is 0 Å². The summed E-state index contributed by atoms with van der Waals surface area (Å²) in [5.74, 6) is 5.77. The minimum Gasteiger partial charge on any atom is -0.378 e. The monoisotopic (exact) mass is 299 g/mol. The molecule has 0 bridgehead atoms. The van der Waals surface area contributed by atoms with E-state index in [4.69, 9.17) is 17.3 Å². The van der Waals surface area contributed by atoms with Crippen molar-refractivity contribution in [2.24, 2.45) is 0 Å². The van der Waals surface area contributed by atoms with Crippen molar-refractivity contribution >= 4 is 40.0 Å². The number of nitrogen functional groups attached to an aromatic ring is 1. The number of hydrogen-bond acceptors (Lipinski definition) is 6. The second-order valence-electron chi connectivity index (χ2n) is 3.38. The summed E-state index contributed by atoms with van der Waals surface area (Å²) in [6, 6.07) is 1.19. The number of nitrogens with two attached hydrogens (primary N) is 1. The molecule has 0 aromatic carbocycles. The molecule has 0 fully saturated rings. The van der Waals surface area contributed by atoms with Crippen molar-refractivity contribution in [2.45, 2.75) is 13.3 Å². The first-order valence-corrected chi connectivity index (χ1v) is 6.51.